The van der Waals surface area contributed by atoms with Crippen molar-refractivity contribution in [1.82, 2.24) is 5.32 Å². The van der Waals surface area contributed by atoms with Crippen LogP contribution in [-0.2, 0) is 6.42 Å². The third-order valence-electron chi connectivity index (χ3n) is 2.89. The summed E-state index contributed by atoms with van der Waals surface area (Å²) < 4.78 is 0. The molecular formula is C15H25NS. The fraction of sp³-hybridized carbons (Fsp3) is 0.600. The van der Waals surface area contributed by atoms with Crippen molar-refractivity contribution in [2.75, 3.05) is 13.6 Å². The summed E-state index contributed by atoms with van der Waals surface area (Å²) in [6, 6.07) is 9.07. The molecule has 0 bridgehead atoms. The highest BCUT2D eigenvalue weighted by atomic mass is 32.2. The first-order valence-electron chi connectivity index (χ1n) is 6.55. The van der Waals surface area contributed by atoms with Crippen molar-refractivity contribution >= 4 is 11.8 Å². The van der Waals surface area contributed by atoms with Gasteiger partial charge in [0.1, 0.15) is 0 Å². The highest BCUT2D eigenvalue weighted by molar-refractivity contribution is 7.99. The van der Waals surface area contributed by atoms with Crippen molar-refractivity contribution in [3.63, 3.8) is 0 Å². The Kier molecular flexibility index (Phi) is 6.68. The predicted octanol–water partition coefficient (Wildman–Crippen LogP) is 3.98. The van der Waals surface area contributed by atoms with Gasteiger partial charge in [0.05, 0.1) is 0 Å². The van der Waals surface area contributed by atoms with Crippen LogP contribution in [0, 0.1) is 5.92 Å². The van der Waals surface area contributed by atoms with Gasteiger partial charge in [-0.2, -0.15) is 0 Å². The molecule has 1 N–H and O–H groups in total. The van der Waals surface area contributed by atoms with Gasteiger partial charge in [0.2, 0.25) is 0 Å². The minimum Gasteiger partial charge on any atom is -0.319 e. The van der Waals surface area contributed by atoms with Gasteiger partial charge in [-0.05, 0) is 43.6 Å². The molecule has 1 aromatic carbocycles. The summed E-state index contributed by atoms with van der Waals surface area (Å²) in [5.41, 5.74) is 1.46. The molecule has 1 atom stereocenters. The van der Waals surface area contributed by atoms with Crippen molar-refractivity contribution < 1.29 is 0 Å². The van der Waals surface area contributed by atoms with E-state index in [1.807, 2.05) is 18.8 Å². The zero-order valence-corrected chi connectivity index (χ0v) is 12.3. The van der Waals surface area contributed by atoms with Crippen LogP contribution in [0.3, 0.4) is 0 Å². The number of thioether (sulfide) groups is 1. The second-order valence-electron chi connectivity index (χ2n) is 4.85. The highest BCUT2D eigenvalue weighted by Crippen LogP contribution is 2.23. The zero-order chi connectivity index (χ0) is 12.7. The molecule has 1 unspecified atom stereocenters. The molecule has 1 aromatic rings. The fourth-order valence-corrected chi connectivity index (χ4v) is 2.80. The van der Waals surface area contributed by atoms with E-state index in [9.17, 15) is 0 Å². The lowest BCUT2D eigenvalue weighted by Gasteiger charge is -2.14. The molecule has 0 heterocycles. The molecule has 17 heavy (non-hydrogen) atoms. The molecule has 0 radical (unpaired) electrons. The predicted molar refractivity (Wildman–Crippen MR) is 78.8 cm³/mol. The molecule has 0 spiro atoms. The fourth-order valence-electron chi connectivity index (χ4n) is 1.96. The van der Waals surface area contributed by atoms with Gasteiger partial charge in [0, 0.05) is 10.1 Å². The average Bonchev–Trinajstić information content (AvgIpc) is 2.30. The lowest BCUT2D eigenvalue weighted by atomic mass is 9.97. The number of rotatable bonds is 7. The minimum atomic E-state index is 0.661. The van der Waals surface area contributed by atoms with Crippen molar-refractivity contribution in [1.29, 1.82) is 0 Å². The molecule has 0 amide bonds. The Morgan fingerprint density at radius 3 is 2.29 bits per heavy atom. The Morgan fingerprint density at radius 1 is 1.18 bits per heavy atom. The molecule has 0 aliphatic heterocycles. The third kappa shape index (κ3) is 5.60. The molecule has 0 aliphatic carbocycles. The van der Waals surface area contributed by atoms with Gasteiger partial charge in [-0.25, -0.2) is 0 Å². The first-order valence-corrected chi connectivity index (χ1v) is 7.43. The first-order chi connectivity index (χ1) is 8.15. The molecule has 0 fully saturated rings. The Bertz CT molecular complexity index is 305. The normalized spacial score (nSPS) is 13.0. The Morgan fingerprint density at radius 2 is 1.82 bits per heavy atom. The topological polar surface area (TPSA) is 12.0 Å². The summed E-state index contributed by atoms with van der Waals surface area (Å²) >= 11 is 1.93. The summed E-state index contributed by atoms with van der Waals surface area (Å²) in [5, 5.41) is 3.93. The molecular weight excluding hydrogens is 226 g/mol. The van der Waals surface area contributed by atoms with Crippen LogP contribution >= 0.6 is 11.8 Å². The molecule has 1 rings (SSSR count). The first kappa shape index (κ1) is 14.6. The highest BCUT2D eigenvalue weighted by Gasteiger charge is 2.06. The van der Waals surface area contributed by atoms with Gasteiger partial charge >= 0.3 is 0 Å². The number of hydrogen-bond donors (Lipinski definition) is 1. The standard InChI is InChI=1S/C15H25NS/c1-5-13(11-16-4)10-14-6-8-15(9-7-14)17-12(2)3/h6-9,12-13,16H,5,10-11H2,1-4H3. The maximum Gasteiger partial charge on any atom is 0.00747 e. The summed E-state index contributed by atoms with van der Waals surface area (Å²) in [4.78, 5) is 1.38. The summed E-state index contributed by atoms with van der Waals surface area (Å²) in [6.45, 7) is 7.85. The summed E-state index contributed by atoms with van der Waals surface area (Å²) in [6.07, 6.45) is 2.42. The van der Waals surface area contributed by atoms with Crippen LogP contribution in [0.1, 0.15) is 32.8 Å². The third-order valence-corrected chi connectivity index (χ3v) is 3.91. The van der Waals surface area contributed by atoms with E-state index in [0.717, 1.165) is 12.5 Å². The lowest BCUT2D eigenvalue weighted by Crippen LogP contribution is -2.20. The van der Waals surface area contributed by atoms with Crippen molar-refractivity contribution in [3.05, 3.63) is 29.8 Å². The minimum absolute atomic E-state index is 0.661. The van der Waals surface area contributed by atoms with E-state index in [2.05, 4.69) is 50.4 Å². The van der Waals surface area contributed by atoms with Gasteiger partial charge in [0.25, 0.3) is 0 Å². The second kappa shape index (κ2) is 7.78. The summed E-state index contributed by atoms with van der Waals surface area (Å²) in [5.74, 6) is 0.753. The SMILES string of the molecule is CCC(CNC)Cc1ccc(SC(C)C)cc1. The van der Waals surface area contributed by atoms with Crippen LogP contribution in [0.2, 0.25) is 0 Å². The van der Waals surface area contributed by atoms with Gasteiger partial charge in [-0.3, -0.25) is 0 Å². The van der Waals surface area contributed by atoms with Crippen molar-refractivity contribution in [3.8, 4) is 0 Å². The van der Waals surface area contributed by atoms with Crippen LogP contribution in [0.5, 0.6) is 0 Å². The van der Waals surface area contributed by atoms with E-state index >= 15 is 0 Å². The maximum atomic E-state index is 3.27. The molecule has 96 valence electrons. The van der Waals surface area contributed by atoms with Gasteiger partial charge in [-0.15, -0.1) is 11.8 Å². The molecule has 2 heteroatoms. The van der Waals surface area contributed by atoms with Crippen LogP contribution in [0.4, 0.5) is 0 Å². The number of hydrogen-bond acceptors (Lipinski definition) is 2. The second-order valence-corrected chi connectivity index (χ2v) is 6.50. The van der Waals surface area contributed by atoms with Gasteiger partial charge in [-0.1, -0.05) is 39.3 Å². The number of nitrogens with one attached hydrogen (secondary N) is 1. The molecule has 0 saturated heterocycles. The Labute approximate surface area is 110 Å². The van der Waals surface area contributed by atoms with E-state index in [0.29, 0.717) is 5.25 Å². The van der Waals surface area contributed by atoms with E-state index in [1.54, 1.807) is 0 Å². The van der Waals surface area contributed by atoms with Crippen molar-refractivity contribution in [2.45, 2.75) is 43.8 Å². The van der Waals surface area contributed by atoms with Crippen LogP contribution in [0.15, 0.2) is 29.2 Å². The van der Waals surface area contributed by atoms with Gasteiger partial charge in [0.15, 0.2) is 0 Å². The maximum absolute atomic E-state index is 3.27. The lowest BCUT2D eigenvalue weighted by molar-refractivity contribution is 0.481. The van der Waals surface area contributed by atoms with Crippen LogP contribution in [-0.4, -0.2) is 18.8 Å². The average molecular weight is 251 g/mol. The van der Waals surface area contributed by atoms with Crippen LogP contribution < -0.4 is 5.32 Å². The van der Waals surface area contributed by atoms with E-state index in [1.165, 1.54) is 23.3 Å². The Balaban J connectivity index is 2.54. The largest absolute Gasteiger partial charge is 0.319 e. The van der Waals surface area contributed by atoms with E-state index in [-0.39, 0.29) is 0 Å². The molecule has 0 aromatic heterocycles. The Hall–Kier alpha value is -0.470. The quantitative estimate of drug-likeness (QED) is 0.736. The van der Waals surface area contributed by atoms with Crippen molar-refractivity contribution in [2.24, 2.45) is 5.92 Å². The number of benzene rings is 1. The molecule has 0 aliphatic rings. The van der Waals surface area contributed by atoms with E-state index < -0.39 is 0 Å². The van der Waals surface area contributed by atoms with Gasteiger partial charge < -0.3 is 5.32 Å². The summed E-state index contributed by atoms with van der Waals surface area (Å²) in [7, 11) is 2.03. The zero-order valence-electron chi connectivity index (χ0n) is 11.5. The van der Waals surface area contributed by atoms with Crippen LogP contribution in [0.25, 0.3) is 0 Å². The smallest absolute Gasteiger partial charge is 0.00747 e. The molecule has 1 nitrogen and oxygen atoms in total. The monoisotopic (exact) mass is 251 g/mol. The van der Waals surface area contributed by atoms with E-state index in [4.69, 9.17) is 0 Å². The molecule has 0 saturated carbocycles.